The lowest BCUT2D eigenvalue weighted by atomic mass is 10.2. The highest BCUT2D eigenvalue weighted by molar-refractivity contribution is 7.17. The van der Waals surface area contributed by atoms with E-state index in [1.807, 2.05) is 18.2 Å². The summed E-state index contributed by atoms with van der Waals surface area (Å²) in [5.74, 6) is 1.55. The molecule has 7 nitrogen and oxygen atoms in total. The van der Waals surface area contributed by atoms with Crippen LogP contribution in [0.4, 0.5) is 5.69 Å². The van der Waals surface area contributed by atoms with Crippen LogP contribution in [0.3, 0.4) is 0 Å². The fraction of sp³-hybridized carbons (Fsp3) is 0.211. The molecular formula is C19H15N5O2S. The number of oxazole rings is 1. The number of amides is 1. The molecule has 0 saturated heterocycles. The van der Waals surface area contributed by atoms with Crippen molar-refractivity contribution in [3.63, 3.8) is 0 Å². The average Bonchev–Trinajstić information content (AvgIpc) is 3.33. The lowest BCUT2D eigenvalue weighted by molar-refractivity contribution is 0.103. The molecule has 1 saturated carbocycles. The number of nitrogens with one attached hydrogen (secondary N) is 1. The molecule has 0 unspecified atom stereocenters. The van der Waals surface area contributed by atoms with Crippen LogP contribution in [0.25, 0.3) is 21.9 Å². The Hall–Kier alpha value is -3.13. The number of nitrogens with zero attached hydrogens (tertiary/aromatic N) is 4. The van der Waals surface area contributed by atoms with Crippen molar-refractivity contribution in [1.29, 1.82) is 0 Å². The molecule has 134 valence electrons. The summed E-state index contributed by atoms with van der Waals surface area (Å²) in [7, 11) is 0. The van der Waals surface area contributed by atoms with Gasteiger partial charge in [-0.3, -0.25) is 4.79 Å². The van der Waals surface area contributed by atoms with Gasteiger partial charge in [0.25, 0.3) is 5.91 Å². The third-order valence-electron chi connectivity index (χ3n) is 4.35. The Morgan fingerprint density at radius 3 is 2.81 bits per heavy atom. The highest BCUT2D eigenvalue weighted by Gasteiger charge is 2.29. The second-order valence-corrected chi connectivity index (χ2v) is 7.47. The van der Waals surface area contributed by atoms with Crippen LogP contribution in [-0.2, 0) is 0 Å². The van der Waals surface area contributed by atoms with Gasteiger partial charge in [-0.25, -0.2) is 19.9 Å². The minimum absolute atomic E-state index is 0.211. The molecule has 1 aliphatic rings. The van der Waals surface area contributed by atoms with Gasteiger partial charge in [0.05, 0.1) is 5.69 Å². The molecule has 1 aliphatic carbocycles. The van der Waals surface area contributed by atoms with E-state index in [1.54, 1.807) is 25.4 Å². The SMILES string of the molecule is Cc1nc(-c2ncccn2)sc1C(=O)Nc1ccc2oc(C3CC3)nc2c1. The van der Waals surface area contributed by atoms with Gasteiger partial charge >= 0.3 is 0 Å². The number of hydrogen-bond donors (Lipinski definition) is 1. The van der Waals surface area contributed by atoms with Crippen molar-refractivity contribution in [1.82, 2.24) is 19.9 Å². The van der Waals surface area contributed by atoms with Crippen LogP contribution in [0.1, 0.15) is 40.0 Å². The molecule has 1 amide bonds. The van der Waals surface area contributed by atoms with Gasteiger partial charge in [0.1, 0.15) is 10.4 Å². The number of thiazole rings is 1. The Morgan fingerprint density at radius 2 is 2.04 bits per heavy atom. The van der Waals surface area contributed by atoms with E-state index in [1.165, 1.54) is 11.3 Å². The van der Waals surface area contributed by atoms with Gasteiger partial charge < -0.3 is 9.73 Å². The zero-order valence-corrected chi connectivity index (χ0v) is 15.3. The maximum Gasteiger partial charge on any atom is 0.267 e. The number of carbonyl (C=O) groups excluding carboxylic acids is 1. The van der Waals surface area contributed by atoms with E-state index >= 15 is 0 Å². The predicted molar refractivity (Wildman–Crippen MR) is 102 cm³/mol. The normalized spacial score (nSPS) is 13.8. The number of aryl methyl sites for hydroxylation is 1. The van der Waals surface area contributed by atoms with Crippen LogP contribution in [-0.4, -0.2) is 25.8 Å². The number of rotatable bonds is 4. The van der Waals surface area contributed by atoms with Gasteiger partial charge in [0.2, 0.25) is 0 Å². The standard InChI is InChI=1S/C19H15N5O2S/c1-10-15(27-19(22-10)16-20-7-2-8-21-16)17(25)23-12-5-6-14-13(9-12)24-18(26-14)11-3-4-11/h2,5-9,11H,3-4H2,1H3,(H,23,25). The molecule has 1 fully saturated rings. The summed E-state index contributed by atoms with van der Waals surface area (Å²) in [6.45, 7) is 1.81. The summed E-state index contributed by atoms with van der Waals surface area (Å²) >= 11 is 1.28. The predicted octanol–water partition coefficient (Wildman–Crippen LogP) is 4.18. The van der Waals surface area contributed by atoms with Gasteiger partial charge in [0, 0.05) is 24.0 Å². The minimum Gasteiger partial charge on any atom is -0.440 e. The molecule has 3 heterocycles. The summed E-state index contributed by atoms with van der Waals surface area (Å²) in [6, 6.07) is 7.23. The molecule has 0 aliphatic heterocycles. The summed E-state index contributed by atoms with van der Waals surface area (Å²) in [5, 5.41) is 3.54. The fourth-order valence-electron chi connectivity index (χ4n) is 2.83. The number of anilines is 1. The number of aromatic nitrogens is 4. The van der Waals surface area contributed by atoms with Crippen molar-refractivity contribution in [3.05, 3.63) is 53.1 Å². The first-order valence-electron chi connectivity index (χ1n) is 8.64. The van der Waals surface area contributed by atoms with E-state index < -0.39 is 0 Å². The summed E-state index contributed by atoms with van der Waals surface area (Å²) in [6.07, 6.45) is 5.58. The highest BCUT2D eigenvalue weighted by atomic mass is 32.1. The number of carbonyl (C=O) groups is 1. The second-order valence-electron chi connectivity index (χ2n) is 6.47. The fourth-order valence-corrected chi connectivity index (χ4v) is 3.74. The zero-order valence-electron chi connectivity index (χ0n) is 14.5. The van der Waals surface area contributed by atoms with Gasteiger partial charge in [-0.1, -0.05) is 0 Å². The molecule has 5 rings (SSSR count). The van der Waals surface area contributed by atoms with E-state index in [-0.39, 0.29) is 5.91 Å². The van der Waals surface area contributed by atoms with E-state index in [4.69, 9.17) is 4.42 Å². The van der Waals surface area contributed by atoms with Crippen LogP contribution in [0.5, 0.6) is 0 Å². The topological polar surface area (TPSA) is 93.8 Å². The smallest absolute Gasteiger partial charge is 0.267 e. The molecule has 3 aromatic heterocycles. The largest absolute Gasteiger partial charge is 0.440 e. The quantitative estimate of drug-likeness (QED) is 0.573. The Kier molecular flexibility index (Phi) is 3.71. The molecule has 0 spiro atoms. The average molecular weight is 377 g/mol. The first-order chi connectivity index (χ1) is 13.2. The van der Waals surface area contributed by atoms with E-state index in [2.05, 4.69) is 25.3 Å². The molecule has 0 atom stereocenters. The highest BCUT2D eigenvalue weighted by Crippen LogP contribution is 2.40. The number of benzene rings is 1. The van der Waals surface area contributed by atoms with Crippen LogP contribution < -0.4 is 5.32 Å². The Morgan fingerprint density at radius 1 is 1.22 bits per heavy atom. The van der Waals surface area contributed by atoms with E-state index in [9.17, 15) is 4.79 Å². The van der Waals surface area contributed by atoms with Gasteiger partial charge in [-0.2, -0.15) is 0 Å². The lowest BCUT2D eigenvalue weighted by Gasteiger charge is -2.03. The van der Waals surface area contributed by atoms with Crippen LogP contribution in [0, 0.1) is 6.92 Å². The summed E-state index contributed by atoms with van der Waals surface area (Å²) in [5.41, 5.74) is 2.83. The molecule has 0 bridgehead atoms. The van der Waals surface area contributed by atoms with Gasteiger partial charge in [-0.05, 0) is 44.0 Å². The maximum absolute atomic E-state index is 12.7. The monoisotopic (exact) mass is 377 g/mol. The molecule has 1 N–H and O–H groups in total. The van der Waals surface area contributed by atoms with Crippen molar-refractivity contribution in [3.8, 4) is 10.8 Å². The second kappa shape index (κ2) is 6.24. The minimum atomic E-state index is -0.211. The summed E-state index contributed by atoms with van der Waals surface area (Å²) in [4.78, 5) is 30.6. The third-order valence-corrected chi connectivity index (χ3v) is 5.50. The molecule has 8 heteroatoms. The van der Waals surface area contributed by atoms with E-state index in [0.29, 0.717) is 33.0 Å². The number of fused-ring (bicyclic) bond motifs is 1. The Balaban J connectivity index is 1.40. The number of hydrogen-bond acceptors (Lipinski definition) is 7. The summed E-state index contributed by atoms with van der Waals surface area (Å²) < 4.78 is 5.76. The van der Waals surface area contributed by atoms with Crippen molar-refractivity contribution in [2.24, 2.45) is 0 Å². The molecule has 4 aromatic rings. The van der Waals surface area contributed by atoms with Crippen molar-refractivity contribution < 1.29 is 9.21 Å². The van der Waals surface area contributed by atoms with Crippen molar-refractivity contribution in [2.75, 3.05) is 5.32 Å². The Bertz CT molecular complexity index is 1150. The molecule has 27 heavy (non-hydrogen) atoms. The molecule has 1 aromatic carbocycles. The molecular weight excluding hydrogens is 362 g/mol. The van der Waals surface area contributed by atoms with Crippen LogP contribution in [0.15, 0.2) is 41.1 Å². The van der Waals surface area contributed by atoms with E-state index in [0.717, 1.165) is 29.8 Å². The van der Waals surface area contributed by atoms with Crippen molar-refractivity contribution in [2.45, 2.75) is 25.7 Å². The van der Waals surface area contributed by atoms with Crippen LogP contribution >= 0.6 is 11.3 Å². The van der Waals surface area contributed by atoms with Gasteiger partial charge in [0.15, 0.2) is 22.3 Å². The maximum atomic E-state index is 12.7. The Labute approximate surface area is 158 Å². The van der Waals surface area contributed by atoms with Crippen LogP contribution in [0.2, 0.25) is 0 Å². The van der Waals surface area contributed by atoms with Crippen molar-refractivity contribution >= 4 is 34.0 Å². The lowest BCUT2D eigenvalue weighted by Crippen LogP contribution is -2.11. The zero-order chi connectivity index (χ0) is 18.4. The first kappa shape index (κ1) is 16.1. The first-order valence-corrected chi connectivity index (χ1v) is 9.46. The van der Waals surface area contributed by atoms with Gasteiger partial charge in [-0.15, -0.1) is 11.3 Å². The molecule has 0 radical (unpaired) electrons. The third kappa shape index (κ3) is 3.08.